The summed E-state index contributed by atoms with van der Waals surface area (Å²) in [4.78, 5) is 21.9. The first kappa shape index (κ1) is 29.9. The molecule has 31 heavy (non-hydrogen) atoms. The van der Waals surface area contributed by atoms with Gasteiger partial charge < -0.3 is 16.2 Å². The lowest BCUT2D eigenvalue weighted by molar-refractivity contribution is -0.141. The van der Waals surface area contributed by atoms with Crippen molar-refractivity contribution in [2.45, 2.75) is 118 Å². The van der Waals surface area contributed by atoms with E-state index in [1.165, 1.54) is 64.2 Å². The molecule has 2 aliphatic rings. The van der Waals surface area contributed by atoms with E-state index >= 15 is 0 Å². The number of carbonyl (C=O) groups is 2. The Hall–Kier alpha value is -1.10. The van der Waals surface area contributed by atoms with Crippen LogP contribution in [-0.4, -0.2) is 30.1 Å². The van der Waals surface area contributed by atoms with E-state index in [9.17, 15) is 9.59 Å². The minimum Gasteiger partial charge on any atom is -0.481 e. The van der Waals surface area contributed by atoms with Gasteiger partial charge in [-0.2, -0.15) is 0 Å². The quantitative estimate of drug-likeness (QED) is 0.401. The highest BCUT2D eigenvalue weighted by Crippen LogP contribution is 2.23. The van der Waals surface area contributed by atoms with Gasteiger partial charge in [0.15, 0.2) is 0 Å². The molecule has 0 unspecified atom stereocenters. The van der Waals surface area contributed by atoms with Crippen molar-refractivity contribution in [2.75, 3.05) is 13.1 Å². The van der Waals surface area contributed by atoms with Gasteiger partial charge in [0.05, 0.1) is 5.92 Å². The Bertz CT molecular complexity index is 436. The van der Waals surface area contributed by atoms with E-state index in [-0.39, 0.29) is 17.7 Å². The first-order valence-corrected chi connectivity index (χ1v) is 13.1. The summed E-state index contributed by atoms with van der Waals surface area (Å²) < 4.78 is 0. The lowest BCUT2D eigenvalue weighted by Gasteiger charge is -2.22. The van der Waals surface area contributed by atoms with Gasteiger partial charge >= 0.3 is 5.97 Å². The SMILES string of the molecule is CCC(CC)C(=O)NCC1CCCCC1.CCC(CC)C(=O)O.NCC1CCCCC1. The molecule has 0 spiro atoms. The minimum atomic E-state index is -0.671. The van der Waals surface area contributed by atoms with Crippen LogP contribution in [0.5, 0.6) is 0 Å². The number of carbonyl (C=O) groups excluding carboxylic acids is 1. The summed E-state index contributed by atoms with van der Waals surface area (Å²) in [5, 5.41) is 11.5. The van der Waals surface area contributed by atoms with E-state index in [4.69, 9.17) is 10.8 Å². The van der Waals surface area contributed by atoms with Crippen LogP contribution in [0.25, 0.3) is 0 Å². The molecule has 2 fully saturated rings. The van der Waals surface area contributed by atoms with Crippen LogP contribution in [0.3, 0.4) is 0 Å². The van der Waals surface area contributed by atoms with Crippen LogP contribution < -0.4 is 11.1 Å². The van der Waals surface area contributed by atoms with Crippen LogP contribution in [0.1, 0.15) is 118 Å². The van der Waals surface area contributed by atoms with E-state index in [0.717, 1.165) is 50.6 Å². The van der Waals surface area contributed by atoms with Crippen LogP contribution in [0.15, 0.2) is 0 Å². The summed E-state index contributed by atoms with van der Waals surface area (Å²) in [6.07, 6.45) is 17.2. The Morgan fingerprint density at radius 1 is 0.774 bits per heavy atom. The molecule has 1 amide bonds. The normalized spacial score (nSPS) is 17.4. The molecule has 0 heterocycles. The van der Waals surface area contributed by atoms with Crippen LogP contribution >= 0.6 is 0 Å². The van der Waals surface area contributed by atoms with E-state index < -0.39 is 5.97 Å². The lowest BCUT2D eigenvalue weighted by Crippen LogP contribution is -2.34. The first-order valence-electron chi connectivity index (χ1n) is 13.1. The van der Waals surface area contributed by atoms with Crippen molar-refractivity contribution in [3.63, 3.8) is 0 Å². The molecule has 0 aromatic rings. The minimum absolute atomic E-state index is 0.130. The Morgan fingerprint density at radius 2 is 1.19 bits per heavy atom. The fourth-order valence-electron chi connectivity index (χ4n) is 4.50. The Labute approximate surface area is 192 Å². The molecule has 0 bridgehead atoms. The number of hydrogen-bond acceptors (Lipinski definition) is 3. The maximum Gasteiger partial charge on any atom is 0.306 e. The van der Waals surface area contributed by atoms with Gasteiger partial charge in [-0.05, 0) is 69.7 Å². The van der Waals surface area contributed by atoms with E-state index in [1.54, 1.807) is 0 Å². The Morgan fingerprint density at radius 3 is 1.48 bits per heavy atom. The van der Waals surface area contributed by atoms with Gasteiger partial charge in [-0.15, -0.1) is 0 Å². The Kier molecular flexibility index (Phi) is 18.9. The van der Waals surface area contributed by atoms with E-state index in [1.807, 2.05) is 13.8 Å². The second kappa shape index (κ2) is 19.6. The van der Waals surface area contributed by atoms with Crippen LogP contribution in [-0.2, 0) is 9.59 Å². The number of nitrogens with one attached hydrogen (secondary N) is 1. The predicted molar refractivity (Wildman–Crippen MR) is 131 cm³/mol. The predicted octanol–water partition coefficient (Wildman–Crippen LogP) is 6.15. The summed E-state index contributed by atoms with van der Waals surface area (Å²) in [5.74, 6) is 1.31. The van der Waals surface area contributed by atoms with Crippen molar-refractivity contribution >= 4 is 11.9 Å². The monoisotopic (exact) mass is 440 g/mol. The van der Waals surface area contributed by atoms with Gasteiger partial charge in [0.25, 0.3) is 0 Å². The van der Waals surface area contributed by atoms with Gasteiger partial charge in [0.1, 0.15) is 0 Å². The zero-order valence-electron chi connectivity index (χ0n) is 21.0. The third-order valence-electron chi connectivity index (χ3n) is 7.04. The summed E-state index contributed by atoms with van der Waals surface area (Å²) in [6, 6.07) is 0. The third kappa shape index (κ3) is 14.6. The number of carboxylic acid groups (broad SMARTS) is 1. The Balaban J connectivity index is 0.000000477. The third-order valence-corrected chi connectivity index (χ3v) is 7.04. The molecule has 0 saturated heterocycles. The topological polar surface area (TPSA) is 92.4 Å². The van der Waals surface area contributed by atoms with Gasteiger partial charge in [-0.1, -0.05) is 66.2 Å². The largest absolute Gasteiger partial charge is 0.481 e. The molecule has 0 atom stereocenters. The highest BCUT2D eigenvalue weighted by Gasteiger charge is 2.17. The molecule has 2 saturated carbocycles. The fraction of sp³-hybridized carbons (Fsp3) is 0.923. The zero-order chi connectivity index (χ0) is 23.5. The maximum atomic E-state index is 11.7. The van der Waals surface area contributed by atoms with Gasteiger partial charge in [0.2, 0.25) is 5.91 Å². The number of carboxylic acids is 1. The molecular weight excluding hydrogens is 388 g/mol. The highest BCUT2D eigenvalue weighted by atomic mass is 16.4. The van der Waals surface area contributed by atoms with Crippen molar-refractivity contribution in [1.29, 1.82) is 0 Å². The number of nitrogens with two attached hydrogens (primary N) is 1. The first-order chi connectivity index (χ1) is 14.9. The van der Waals surface area contributed by atoms with Crippen molar-refractivity contribution in [2.24, 2.45) is 29.4 Å². The van der Waals surface area contributed by atoms with E-state index in [0.29, 0.717) is 0 Å². The molecular formula is C26H52N2O3. The van der Waals surface area contributed by atoms with Gasteiger partial charge in [-0.3, -0.25) is 9.59 Å². The van der Waals surface area contributed by atoms with Crippen molar-refractivity contribution in [1.82, 2.24) is 5.32 Å². The van der Waals surface area contributed by atoms with Crippen molar-refractivity contribution in [3.8, 4) is 0 Å². The van der Waals surface area contributed by atoms with Crippen molar-refractivity contribution < 1.29 is 14.7 Å². The second-order valence-electron chi connectivity index (χ2n) is 9.35. The van der Waals surface area contributed by atoms with Crippen LogP contribution in [0.4, 0.5) is 0 Å². The number of aliphatic carboxylic acids is 1. The molecule has 184 valence electrons. The second-order valence-corrected chi connectivity index (χ2v) is 9.35. The average molecular weight is 441 g/mol. The fourth-order valence-corrected chi connectivity index (χ4v) is 4.50. The molecule has 0 radical (unpaired) electrons. The number of amides is 1. The van der Waals surface area contributed by atoms with Crippen LogP contribution in [0, 0.1) is 23.7 Å². The molecule has 5 heteroatoms. The molecule has 2 aliphatic carbocycles. The molecule has 4 N–H and O–H groups in total. The molecule has 0 aliphatic heterocycles. The molecule has 0 aromatic heterocycles. The van der Waals surface area contributed by atoms with Crippen molar-refractivity contribution in [3.05, 3.63) is 0 Å². The van der Waals surface area contributed by atoms with Gasteiger partial charge in [0, 0.05) is 12.5 Å². The molecule has 2 rings (SSSR count). The lowest BCUT2D eigenvalue weighted by atomic mass is 9.89. The number of hydrogen-bond donors (Lipinski definition) is 3. The van der Waals surface area contributed by atoms with E-state index in [2.05, 4.69) is 19.2 Å². The average Bonchev–Trinajstić information content (AvgIpc) is 2.81. The zero-order valence-corrected chi connectivity index (χ0v) is 21.0. The summed E-state index contributed by atoms with van der Waals surface area (Å²) >= 11 is 0. The molecule has 5 nitrogen and oxygen atoms in total. The standard InChI is InChI=1S/C13H25NO.C7H15N.C6H12O2/c1-3-12(4-2)13(15)14-10-11-8-6-5-7-9-11;8-6-7-4-2-1-3-5-7;1-3-5(4-2)6(7)8/h11-12H,3-10H2,1-2H3,(H,14,15);7H,1-6,8H2;5H,3-4H2,1-2H3,(H,7,8). The summed E-state index contributed by atoms with van der Waals surface area (Å²) in [6.45, 7) is 9.79. The molecule has 0 aromatic carbocycles. The van der Waals surface area contributed by atoms with Gasteiger partial charge in [-0.25, -0.2) is 0 Å². The highest BCUT2D eigenvalue weighted by molar-refractivity contribution is 5.78. The summed E-state index contributed by atoms with van der Waals surface area (Å²) in [5.41, 5.74) is 5.50. The maximum absolute atomic E-state index is 11.7. The number of rotatable bonds is 9. The van der Waals surface area contributed by atoms with Crippen LogP contribution in [0.2, 0.25) is 0 Å². The summed E-state index contributed by atoms with van der Waals surface area (Å²) in [7, 11) is 0. The smallest absolute Gasteiger partial charge is 0.306 e.